The molecule has 1 N–H and O–H groups in total. The molecule has 140 valence electrons. The molecular formula is C20H28N4O2. The number of benzene rings is 1. The molecule has 0 unspecified atom stereocenters. The molecule has 26 heavy (non-hydrogen) atoms. The smallest absolute Gasteiger partial charge is 0.222 e. The predicted octanol–water partition coefficient (Wildman–Crippen LogP) is 2.26. The van der Waals surface area contributed by atoms with Crippen molar-refractivity contribution in [2.75, 3.05) is 13.1 Å². The van der Waals surface area contributed by atoms with Crippen molar-refractivity contribution >= 4 is 5.91 Å². The monoisotopic (exact) mass is 356 g/mol. The zero-order valence-corrected chi connectivity index (χ0v) is 15.7. The van der Waals surface area contributed by atoms with Gasteiger partial charge in [0.2, 0.25) is 5.91 Å². The number of carbonyl (C=O) groups excluding carboxylic acids is 1. The van der Waals surface area contributed by atoms with Gasteiger partial charge in [0.15, 0.2) is 0 Å². The summed E-state index contributed by atoms with van der Waals surface area (Å²) in [6, 6.07) is 6.50. The Morgan fingerprint density at radius 2 is 2.04 bits per heavy atom. The van der Waals surface area contributed by atoms with E-state index in [1.165, 1.54) is 16.7 Å². The van der Waals surface area contributed by atoms with Crippen LogP contribution < -0.4 is 0 Å². The van der Waals surface area contributed by atoms with Crippen LogP contribution in [0.5, 0.6) is 0 Å². The molecule has 1 aromatic carbocycles. The summed E-state index contributed by atoms with van der Waals surface area (Å²) in [5.74, 6) is 0.630. The predicted molar refractivity (Wildman–Crippen MR) is 99.5 cm³/mol. The molecule has 1 atom stereocenters. The summed E-state index contributed by atoms with van der Waals surface area (Å²) in [6.45, 7) is 6.47. The standard InChI is InChI=1S/C20H28N4O2/c1-15-8-16(2)10-17(9-15)5-6-20(26)23-7-3-4-18(11-23)12-24-13-19(14-25)21-22-24/h8-10,13,18,25H,3-7,11-12,14H2,1-2H3/t18-/m1/s1. The molecule has 2 heterocycles. The first-order chi connectivity index (χ1) is 12.5. The Labute approximate surface area is 154 Å². The fourth-order valence-corrected chi connectivity index (χ4v) is 3.83. The minimum Gasteiger partial charge on any atom is -0.390 e. The molecule has 1 fully saturated rings. The van der Waals surface area contributed by atoms with E-state index >= 15 is 0 Å². The van der Waals surface area contributed by atoms with Crippen LogP contribution in [0.1, 0.15) is 41.6 Å². The summed E-state index contributed by atoms with van der Waals surface area (Å²) in [6.07, 6.45) is 5.26. The molecule has 0 spiro atoms. The van der Waals surface area contributed by atoms with Gasteiger partial charge in [0.05, 0.1) is 12.8 Å². The summed E-state index contributed by atoms with van der Waals surface area (Å²) in [5, 5.41) is 17.1. The van der Waals surface area contributed by atoms with Gasteiger partial charge in [0.25, 0.3) is 0 Å². The Kier molecular flexibility index (Phi) is 6.04. The van der Waals surface area contributed by atoms with Crippen LogP contribution in [0.3, 0.4) is 0 Å². The molecule has 1 aromatic heterocycles. The molecule has 6 heteroatoms. The zero-order valence-electron chi connectivity index (χ0n) is 15.7. The van der Waals surface area contributed by atoms with Crippen LogP contribution in [-0.4, -0.2) is 44.0 Å². The second-order valence-corrected chi connectivity index (χ2v) is 7.43. The number of hydrogen-bond acceptors (Lipinski definition) is 4. The lowest BCUT2D eigenvalue weighted by Crippen LogP contribution is -2.41. The Morgan fingerprint density at radius 3 is 2.73 bits per heavy atom. The highest BCUT2D eigenvalue weighted by atomic mass is 16.3. The summed E-state index contributed by atoms with van der Waals surface area (Å²) >= 11 is 0. The number of rotatable bonds is 6. The van der Waals surface area contributed by atoms with Crippen molar-refractivity contribution in [2.24, 2.45) is 5.92 Å². The number of aliphatic hydroxyl groups is 1. The summed E-state index contributed by atoms with van der Waals surface area (Å²) in [5.41, 5.74) is 4.33. The van der Waals surface area contributed by atoms with E-state index in [1.807, 2.05) is 4.90 Å². The fraction of sp³-hybridized carbons (Fsp3) is 0.550. The number of piperidine rings is 1. The highest BCUT2D eigenvalue weighted by Gasteiger charge is 2.24. The molecule has 1 amide bonds. The first-order valence-electron chi connectivity index (χ1n) is 9.38. The van der Waals surface area contributed by atoms with E-state index in [1.54, 1.807) is 10.9 Å². The Hall–Kier alpha value is -2.21. The molecule has 0 aliphatic carbocycles. The maximum absolute atomic E-state index is 12.6. The van der Waals surface area contributed by atoms with Gasteiger partial charge in [-0.25, -0.2) is 0 Å². The Balaban J connectivity index is 1.52. The molecular weight excluding hydrogens is 328 g/mol. The average Bonchev–Trinajstić information content (AvgIpc) is 3.06. The molecule has 2 aromatic rings. The maximum Gasteiger partial charge on any atom is 0.222 e. The normalized spacial score (nSPS) is 17.5. The number of aromatic nitrogens is 3. The van der Waals surface area contributed by atoms with Crippen LogP contribution in [0, 0.1) is 19.8 Å². The molecule has 1 saturated heterocycles. The Morgan fingerprint density at radius 1 is 1.27 bits per heavy atom. The summed E-state index contributed by atoms with van der Waals surface area (Å²) in [7, 11) is 0. The molecule has 1 aliphatic heterocycles. The van der Waals surface area contributed by atoms with E-state index in [2.05, 4.69) is 42.4 Å². The molecule has 1 aliphatic rings. The van der Waals surface area contributed by atoms with Gasteiger partial charge in [-0.3, -0.25) is 9.48 Å². The molecule has 0 bridgehead atoms. The third-order valence-corrected chi connectivity index (χ3v) is 4.97. The quantitative estimate of drug-likeness (QED) is 0.862. The van der Waals surface area contributed by atoms with E-state index in [-0.39, 0.29) is 12.5 Å². The minimum absolute atomic E-state index is 0.0896. The second-order valence-electron chi connectivity index (χ2n) is 7.43. The Bertz CT molecular complexity index is 736. The van der Waals surface area contributed by atoms with Crippen LogP contribution in [-0.2, 0) is 24.4 Å². The van der Waals surface area contributed by atoms with Crippen molar-refractivity contribution in [3.63, 3.8) is 0 Å². The van der Waals surface area contributed by atoms with Gasteiger partial charge in [-0.05, 0) is 44.6 Å². The van der Waals surface area contributed by atoms with Crippen molar-refractivity contribution in [3.8, 4) is 0 Å². The number of carbonyl (C=O) groups is 1. The van der Waals surface area contributed by atoms with Gasteiger partial charge in [0, 0.05) is 26.1 Å². The lowest BCUT2D eigenvalue weighted by molar-refractivity contribution is -0.133. The van der Waals surface area contributed by atoms with Crippen molar-refractivity contribution < 1.29 is 9.90 Å². The molecule has 0 radical (unpaired) electrons. The van der Waals surface area contributed by atoms with Gasteiger partial charge in [0.1, 0.15) is 5.69 Å². The van der Waals surface area contributed by atoms with Crippen molar-refractivity contribution in [1.82, 2.24) is 19.9 Å². The van der Waals surface area contributed by atoms with E-state index in [4.69, 9.17) is 5.11 Å². The van der Waals surface area contributed by atoms with Gasteiger partial charge in [-0.1, -0.05) is 34.5 Å². The van der Waals surface area contributed by atoms with Crippen LogP contribution in [0.4, 0.5) is 0 Å². The van der Waals surface area contributed by atoms with E-state index in [9.17, 15) is 4.79 Å². The molecule has 6 nitrogen and oxygen atoms in total. The molecule has 0 saturated carbocycles. The first kappa shape index (κ1) is 18.6. The lowest BCUT2D eigenvalue weighted by Gasteiger charge is -2.32. The van der Waals surface area contributed by atoms with Gasteiger partial charge in [-0.2, -0.15) is 0 Å². The van der Waals surface area contributed by atoms with Crippen LogP contribution in [0.2, 0.25) is 0 Å². The maximum atomic E-state index is 12.6. The van der Waals surface area contributed by atoms with Gasteiger partial charge < -0.3 is 10.0 Å². The van der Waals surface area contributed by atoms with Crippen molar-refractivity contribution in [2.45, 2.75) is 52.7 Å². The topological polar surface area (TPSA) is 71.2 Å². The number of likely N-dealkylation sites (tertiary alicyclic amines) is 1. The summed E-state index contributed by atoms with van der Waals surface area (Å²) in [4.78, 5) is 14.6. The van der Waals surface area contributed by atoms with E-state index < -0.39 is 0 Å². The van der Waals surface area contributed by atoms with E-state index in [0.29, 0.717) is 18.0 Å². The van der Waals surface area contributed by atoms with Crippen LogP contribution in [0.25, 0.3) is 0 Å². The minimum atomic E-state index is -0.0896. The second kappa shape index (κ2) is 8.45. The highest BCUT2D eigenvalue weighted by Crippen LogP contribution is 2.20. The highest BCUT2D eigenvalue weighted by molar-refractivity contribution is 5.76. The number of aliphatic hydroxyl groups excluding tert-OH is 1. The zero-order chi connectivity index (χ0) is 18.5. The molecule has 3 rings (SSSR count). The van der Waals surface area contributed by atoms with Crippen molar-refractivity contribution in [3.05, 3.63) is 46.8 Å². The number of aryl methyl sites for hydroxylation is 3. The fourth-order valence-electron chi connectivity index (χ4n) is 3.83. The van der Waals surface area contributed by atoms with Gasteiger partial charge >= 0.3 is 0 Å². The largest absolute Gasteiger partial charge is 0.390 e. The van der Waals surface area contributed by atoms with E-state index in [0.717, 1.165) is 38.9 Å². The summed E-state index contributed by atoms with van der Waals surface area (Å²) < 4.78 is 1.78. The third-order valence-electron chi connectivity index (χ3n) is 4.97. The average molecular weight is 356 g/mol. The number of nitrogens with zero attached hydrogens (tertiary/aromatic N) is 4. The first-order valence-corrected chi connectivity index (χ1v) is 9.38. The number of amides is 1. The van der Waals surface area contributed by atoms with Crippen molar-refractivity contribution in [1.29, 1.82) is 0 Å². The van der Waals surface area contributed by atoms with Crippen LogP contribution >= 0.6 is 0 Å². The third kappa shape index (κ3) is 4.91. The number of hydrogen-bond donors (Lipinski definition) is 1. The van der Waals surface area contributed by atoms with Gasteiger partial charge in [-0.15, -0.1) is 5.10 Å². The lowest BCUT2D eigenvalue weighted by atomic mass is 9.97. The van der Waals surface area contributed by atoms with Crippen LogP contribution in [0.15, 0.2) is 24.4 Å². The SMILES string of the molecule is Cc1cc(C)cc(CCC(=O)N2CCC[C@@H](Cn3cc(CO)nn3)C2)c1.